The summed E-state index contributed by atoms with van der Waals surface area (Å²) in [5.41, 5.74) is 0.635. The molecule has 0 bridgehead atoms. The van der Waals surface area contributed by atoms with Crippen molar-refractivity contribution in [3.63, 3.8) is 0 Å². The molecule has 7 heteroatoms. The predicted octanol–water partition coefficient (Wildman–Crippen LogP) is 4.08. The molecular weight excluding hydrogens is 380 g/mol. The lowest BCUT2D eigenvalue weighted by molar-refractivity contribution is 0.104. The number of hydrogen-bond acceptors (Lipinski definition) is 6. The molecule has 0 spiro atoms. The molecule has 2 N–H and O–H groups in total. The van der Waals surface area contributed by atoms with Gasteiger partial charge in [0.25, 0.3) is 0 Å². The molecule has 0 atom stereocenters. The fourth-order valence-corrected chi connectivity index (χ4v) is 3.03. The van der Waals surface area contributed by atoms with Gasteiger partial charge in [-0.1, -0.05) is 25.3 Å². The van der Waals surface area contributed by atoms with Gasteiger partial charge in [-0.25, -0.2) is 0 Å². The summed E-state index contributed by atoms with van der Waals surface area (Å²) < 4.78 is 29.4. The third-order valence-electron chi connectivity index (χ3n) is 3.52. The van der Waals surface area contributed by atoms with Crippen LogP contribution in [-0.4, -0.2) is 24.4 Å². The summed E-state index contributed by atoms with van der Waals surface area (Å²) in [5, 5.41) is 18.7. The number of aliphatic hydroxyl groups excluding tert-OH is 1. The molecule has 0 saturated carbocycles. The quantitative estimate of drug-likeness (QED) is 0.228. The molecule has 0 aliphatic heterocycles. The van der Waals surface area contributed by atoms with E-state index in [-0.39, 0.29) is 27.9 Å². The van der Waals surface area contributed by atoms with Crippen LogP contribution in [0.15, 0.2) is 102 Å². The van der Waals surface area contributed by atoms with Gasteiger partial charge in [-0.2, -0.15) is 8.42 Å². The van der Waals surface area contributed by atoms with Crippen molar-refractivity contribution in [2.24, 2.45) is 0 Å². The zero-order valence-corrected chi connectivity index (χ0v) is 15.6. The molecule has 0 unspecified atom stereocenters. The molecule has 0 saturated heterocycles. The van der Waals surface area contributed by atoms with E-state index in [9.17, 15) is 23.4 Å². The first-order valence-corrected chi connectivity index (χ1v) is 9.41. The van der Waals surface area contributed by atoms with E-state index in [2.05, 4.69) is 13.2 Å². The highest BCUT2D eigenvalue weighted by Crippen LogP contribution is 2.21. The van der Waals surface area contributed by atoms with Crippen molar-refractivity contribution in [1.82, 2.24) is 0 Å². The Balaban J connectivity index is 2.13. The number of phenols is 1. The lowest BCUT2D eigenvalue weighted by atomic mass is 10.1. The SMILES string of the molecule is C=C/C=C(/C=C/C(=O)c1ccc(OS(=O)(=O)c2ccc(O)cc2)cc1)C(=C)O. The van der Waals surface area contributed by atoms with Gasteiger partial charge < -0.3 is 14.4 Å². The largest absolute Gasteiger partial charge is 0.508 e. The van der Waals surface area contributed by atoms with E-state index in [0.717, 1.165) is 0 Å². The van der Waals surface area contributed by atoms with Gasteiger partial charge >= 0.3 is 10.1 Å². The monoisotopic (exact) mass is 398 g/mol. The van der Waals surface area contributed by atoms with Crippen LogP contribution in [-0.2, 0) is 10.1 Å². The number of carbonyl (C=O) groups excluding carboxylic acids is 1. The standard InChI is InChI=1S/C21H18O6S/c1-3-4-16(15(2)22)7-14-21(24)17-5-10-19(11-6-17)27-28(25,26)20-12-8-18(23)9-13-20/h3-14,22-23H,1-2H2/b14-7+,16-4-. The Labute approximate surface area is 163 Å². The summed E-state index contributed by atoms with van der Waals surface area (Å²) in [4.78, 5) is 12.1. The van der Waals surface area contributed by atoms with Gasteiger partial charge in [0.1, 0.15) is 22.2 Å². The van der Waals surface area contributed by atoms with E-state index in [1.165, 1.54) is 72.8 Å². The summed E-state index contributed by atoms with van der Waals surface area (Å²) in [6, 6.07) is 10.4. The smallest absolute Gasteiger partial charge is 0.339 e. The number of hydrogen-bond donors (Lipinski definition) is 2. The van der Waals surface area contributed by atoms with Crippen LogP contribution in [0.4, 0.5) is 0 Å². The normalized spacial score (nSPS) is 11.9. The number of ketones is 1. The van der Waals surface area contributed by atoms with Crippen molar-refractivity contribution in [2.45, 2.75) is 4.90 Å². The molecule has 2 aromatic carbocycles. The van der Waals surface area contributed by atoms with E-state index >= 15 is 0 Å². The molecule has 144 valence electrons. The molecule has 0 amide bonds. The van der Waals surface area contributed by atoms with Crippen LogP contribution in [0.5, 0.6) is 11.5 Å². The van der Waals surface area contributed by atoms with E-state index in [0.29, 0.717) is 11.1 Å². The lowest BCUT2D eigenvalue weighted by Crippen LogP contribution is -2.09. The summed E-state index contributed by atoms with van der Waals surface area (Å²) in [6.07, 6.45) is 5.59. The number of aliphatic hydroxyl groups is 1. The molecule has 28 heavy (non-hydrogen) atoms. The lowest BCUT2D eigenvalue weighted by Gasteiger charge is -2.07. The molecule has 0 radical (unpaired) electrons. The number of aromatic hydroxyl groups is 1. The summed E-state index contributed by atoms with van der Waals surface area (Å²) in [7, 11) is -4.06. The first-order chi connectivity index (χ1) is 13.2. The Morgan fingerprint density at radius 1 is 1.00 bits per heavy atom. The fourth-order valence-electron chi connectivity index (χ4n) is 2.10. The van der Waals surface area contributed by atoms with Crippen molar-refractivity contribution in [3.8, 4) is 11.5 Å². The van der Waals surface area contributed by atoms with Crippen molar-refractivity contribution in [1.29, 1.82) is 0 Å². The molecule has 0 aliphatic rings. The van der Waals surface area contributed by atoms with Gasteiger partial charge in [-0.05, 0) is 60.7 Å². The number of rotatable bonds is 8. The Kier molecular flexibility index (Phi) is 6.57. The molecule has 0 aromatic heterocycles. The van der Waals surface area contributed by atoms with Gasteiger partial charge in [0.05, 0.1) is 0 Å². The molecular formula is C21H18O6S. The second kappa shape index (κ2) is 8.88. The Morgan fingerprint density at radius 3 is 2.14 bits per heavy atom. The van der Waals surface area contributed by atoms with Gasteiger partial charge in [0.2, 0.25) is 0 Å². The highest BCUT2D eigenvalue weighted by molar-refractivity contribution is 7.87. The van der Waals surface area contributed by atoms with Crippen LogP contribution in [0.3, 0.4) is 0 Å². The van der Waals surface area contributed by atoms with Crippen LogP contribution in [0.1, 0.15) is 10.4 Å². The maximum Gasteiger partial charge on any atom is 0.339 e. The van der Waals surface area contributed by atoms with Crippen molar-refractivity contribution < 1.29 is 27.6 Å². The number of phenolic OH excluding ortho intramolecular Hbond substituents is 1. The van der Waals surface area contributed by atoms with Crippen LogP contribution in [0, 0.1) is 0 Å². The molecule has 0 aliphatic carbocycles. The van der Waals surface area contributed by atoms with Gasteiger partial charge in [-0.15, -0.1) is 0 Å². The molecule has 0 fully saturated rings. The molecule has 2 aromatic rings. The van der Waals surface area contributed by atoms with Crippen LogP contribution in [0.25, 0.3) is 0 Å². The van der Waals surface area contributed by atoms with Crippen molar-refractivity contribution in [3.05, 3.63) is 103 Å². The highest BCUT2D eigenvalue weighted by Gasteiger charge is 2.16. The topological polar surface area (TPSA) is 101 Å². The molecule has 0 heterocycles. The Morgan fingerprint density at radius 2 is 1.61 bits per heavy atom. The Hall–Kier alpha value is -3.58. The van der Waals surface area contributed by atoms with Crippen molar-refractivity contribution >= 4 is 15.9 Å². The first kappa shape index (κ1) is 20.7. The van der Waals surface area contributed by atoms with Gasteiger partial charge in [-0.3, -0.25) is 4.79 Å². The summed E-state index contributed by atoms with van der Waals surface area (Å²) in [6.45, 7) is 6.90. The first-order valence-electron chi connectivity index (χ1n) is 8.00. The highest BCUT2D eigenvalue weighted by atomic mass is 32.2. The van der Waals surface area contributed by atoms with Gasteiger partial charge in [0.15, 0.2) is 5.78 Å². The van der Waals surface area contributed by atoms with Crippen LogP contribution >= 0.6 is 0 Å². The second-order valence-electron chi connectivity index (χ2n) is 5.56. The zero-order valence-electron chi connectivity index (χ0n) is 14.8. The maximum absolute atomic E-state index is 12.2. The third-order valence-corrected chi connectivity index (χ3v) is 4.78. The van der Waals surface area contributed by atoms with Crippen LogP contribution < -0.4 is 4.18 Å². The Bertz CT molecular complexity index is 1040. The summed E-state index contributed by atoms with van der Waals surface area (Å²) in [5.74, 6) is -0.591. The van der Waals surface area contributed by atoms with Crippen LogP contribution in [0.2, 0.25) is 0 Å². The zero-order chi connectivity index (χ0) is 20.7. The fraction of sp³-hybridized carbons (Fsp3) is 0. The average molecular weight is 398 g/mol. The molecule has 2 rings (SSSR count). The van der Waals surface area contributed by atoms with E-state index < -0.39 is 10.1 Å². The second-order valence-corrected chi connectivity index (χ2v) is 7.10. The predicted molar refractivity (Wildman–Crippen MR) is 106 cm³/mol. The number of allylic oxidation sites excluding steroid dienone is 4. The van der Waals surface area contributed by atoms with E-state index in [4.69, 9.17) is 4.18 Å². The average Bonchev–Trinajstić information content (AvgIpc) is 2.65. The minimum Gasteiger partial charge on any atom is -0.508 e. The third kappa shape index (κ3) is 5.46. The van der Waals surface area contributed by atoms with Gasteiger partial charge in [0, 0.05) is 11.1 Å². The molecule has 6 nitrogen and oxygen atoms in total. The minimum absolute atomic E-state index is 0.0320. The maximum atomic E-state index is 12.2. The minimum atomic E-state index is -4.06. The van der Waals surface area contributed by atoms with E-state index in [1.54, 1.807) is 0 Å². The number of benzene rings is 2. The van der Waals surface area contributed by atoms with E-state index in [1.807, 2.05) is 0 Å². The number of carbonyl (C=O) groups is 1. The summed E-state index contributed by atoms with van der Waals surface area (Å²) >= 11 is 0. The van der Waals surface area contributed by atoms with Crippen molar-refractivity contribution in [2.75, 3.05) is 0 Å².